The molecular weight excluding hydrogens is 298 g/mol. The lowest BCUT2D eigenvalue weighted by Crippen LogP contribution is -2.59. The lowest BCUT2D eigenvalue weighted by Gasteiger charge is -2.46. The number of ether oxygens (including phenoxy) is 1. The molecule has 1 atom stereocenters. The van der Waals surface area contributed by atoms with Crippen molar-refractivity contribution in [2.75, 3.05) is 25.1 Å². The molecule has 0 aliphatic carbocycles. The zero-order chi connectivity index (χ0) is 14.9. The topological polar surface area (TPSA) is 54.5 Å². The number of rotatable bonds is 3. The molecule has 5 nitrogen and oxygen atoms in total. The minimum absolute atomic E-state index is 0.00453. The van der Waals surface area contributed by atoms with Crippen LogP contribution in [0.3, 0.4) is 0 Å². The van der Waals surface area contributed by atoms with E-state index in [1.54, 1.807) is 0 Å². The van der Waals surface area contributed by atoms with E-state index in [0.29, 0.717) is 11.2 Å². The molecule has 2 fully saturated rings. The van der Waals surface area contributed by atoms with Gasteiger partial charge in [0.1, 0.15) is 0 Å². The first kappa shape index (κ1) is 14.1. The molecule has 2 aromatic rings. The molecule has 0 bridgehead atoms. The maximum atomic E-state index is 12.5. The van der Waals surface area contributed by atoms with Crippen molar-refractivity contribution in [1.82, 2.24) is 9.88 Å². The number of nitrogens with zero attached hydrogens (tertiary/aromatic N) is 2. The van der Waals surface area contributed by atoms with Crippen molar-refractivity contribution in [2.45, 2.75) is 31.3 Å². The van der Waals surface area contributed by atoms with E-state index in [1.165, 1.54) is 11.3 Å². The zero-order valence-corrected chi connectivity index (χ0v) is 13.1. The molecule has 6 heteroatoms. The van der Waals surface area contributed by atoms with Crippen LogP contribution in [0.2, 0.25) is 0 Å². The van der Waals surface area contributed by atoms with Gasteiger partial charge in [-0.3, -0.25) is 9.69 Å². The van der Waals surface area contributed by atoms with Gasteiger partial charge in [0, 0.05) is 25.8 Å². The third kappa shape index (κ3) is 2.62. The Kier molecular flexibility index (Phi) is 3.82. The van der Waals surface area contributed by atoms with E-state index in [1.807, 2.05) is 24.3 Å². The van der Waals surface area contributed by atoms with Crippen LogP contribution in [0, 0.1) is 0 Å². The lowest BCUT2D eigenvalue weighted by molar-refractivity contribution is -0.129. The summed E-state index contributed by atoms with van der Waals surface area (Å²) in [5, 5.41) is 3.70. The molecule has 1 N–H and O–H groups in total. The Morgan fingerprint density at radius 1 is 1.27 bits per heavy atom. The van der Waals surface area contributed by atoms with Gasteiger partial charge in [0.2, 0.25) is 5.91 Å². The Hall–Kier alpha value is -1.50. The Labute approximate surface area is 133 Å². The Morgan fingerprint density at radius 3 is 2.82 bits per heavy atom. The second-order valence-corrected chi connectivity index (χ2v) is 6.89. The number of nitrogens with one attached hydrogen (secondary N) is 1. The molecule has 2 aliphatic rings. The normalized spacial score (nSPS) is 23.4. The van der Waals surface area contributed by atoms with Gasteiger partial charge >= 0.3 is 0 Å². The average Bonchev–Trinajstić information content (AvgIpc) is 2.89. The number of aromatic nitrogens is 1. The molecule has 22 heavy (non-hydrogen) atoms. The summed E-state index contributed by atoms with van der Waals surface area (Å²) in [6, 6.07) is 8.44. The van der Waals surface area contributed by atoms with Crippen LogP contribution in [0.4, 0.5) is 5.13 Å². The molecule has 0 unspecified atom stereocenters. The smallest absolute Gasteiger partial charge is 0.243 e. The highest BCUT2D eigenvalue weighted by atomic mass is 32.1. The van der Waals surface area contributed by atoms with Gasteiger partial charge in [-0.05, 0) is 31.4 Å². The van der Waals surface area contributed by atoms with E-state index in [0.717, 1.165) is 49.2 Å². The standard InChI is InChI=1S/C16H19N3O2S/c20-15(13-5-8-19(13)11-6-9-21-10-7-11)18-16-17-12-3-1-2-4-14(12)22-16/h1-4,11,13H,5-10H2,(H,17,18,20)/t13-/m0/s1. The van der Waals surface area contributed by atoms with Crippen LogP contribution in [0.5, 0.6) is 0 Å². The number of fused-ring (bicyclic) bond motifs is 1. The van der Waals surface area contributed by atoms with Crippen molar-refractivity contribution in [3.05, 3.63) is 24.3 Å². The first-order valence-corrected chi connectivity index (χ1v) is 8.63. The number of carbonyl (C=O) groups excluding carboxylic acids is 1. The maximum Gasteiger partial charge on any atom is 0.243 e. The van der Waals surface area contributed by atoms with Gasteiger partial charge in [0.15, 0.2) is 5.13 Å². The summed E-state index contributed by atoms with van der Waals surface area (Å²) < 4.78 is 6.51. The van der Waals surface area contributed by atoms with Crippen molar-refractivity contribution >= 4 is 32.6 Å². The van der Waals surface area contributed by atoms with E-state index < -0.39 is 0 Å². The van der Waals surface area contributed by atoms with Crippen LogP contribution in [-0.2, 0) is 9.53 Å². The van der Waals surface area contributed by atoms with Gasteiger partial charge in [0.05, 0.1) is 16.3 Å². The van der Waals surface area contributed by atoms with Gasteiger partial charge in [-0.25, -0.2) is 4.98 Å². The van der Waals surface area contributed by atoms with Gasteiger partial charge in [-0.1, -0.05) is 23.5 Å². The number of carbonyl (C=O) groups is 1. The van der Waals surface area contributed by atoms with Crippen LogP contribution in [0.25, 0.3) is 10.2 Å². The summed E-state index contributed by atoms with van der Waals surface area (Å²) in [4.78, 5) is 19.3. The summed E-state index contributed by atoms with van der Waals surface area (Å²) in [6.07, 6.45) is 3.00. The lowest BCUT2D eigenvalue weighted by atomic mass is 9.95. The van der Waals surface area contributed by atoms with E-state index in [9.17, 15) is 4.79 Å². The minimum Gasteiger partial charge on any atom is -0.381 e. The molecule has 1 amide bonds. The molecule has 0 radical (unpaired) electrons. The van der Waals surface area contributed by atoms with Crippen molar-refractivity contribution in [2.24, 2.45) is 0 Å². The molecule has 0 spiro atoms. The summed E-state index contributed by atoms with van der Waals surface area (Å²) in [7, 11) is 0. The third-order valence-electron chi connectivity index (χ3n) is 4.55. The number of hydrogen-bond acceptors (Lipinski definition) is 5. The quantitative estimate of drug-likeness (QED) is 0.945. The van der Waals surface area contributed by atoms with Crippen molar-refractivity contribution in [3.8, 4) is 0 Å². The second kappa shape index (κ2) is 5.95. The van der Waals surface area contributed by atoms with Crippen LogP contribution in [0.15, 0.2) is 24.3 Å². The first-order valence-electron chi connectivity index (χ1n) is 7.81. The zero-order valence-electron chi connectivity index (χ0n) is 12.3. The summed E-state index contributed by atoms with van der Waals surface area (Å²) >= 11 is 1.53. The Bertz CT molecular complexity index is 648. The van der Waals surface area contributed by atoms with Crippen LogP contribution in [-0.4, -0.2) is 47.6 Å². The fourth-order valence-corrected chi connectivity index (χ4v) is 4.13. The predicted molar refractivity (Wildman–Crippen MR) is 87.2 cm³/mol. The largest absolute Gasteiger partial charge is 0.381 e. The highest BCUT2D eigenvalue weighted by Gasteiger charge is 2.39. The monoisotopic (exact) mass is 317 g/mol. The highest BCUT2D eigenvalue weighted by Crippen LogP contribution is 2.29. The number of benzene rings is 1. The van der Waals surface area contributed by atoms with Gasteiger partial charge in [-0.2, -0.15) is 0 Å². The number of amides is 1. The van der Waals surface area contributed by atoms with Gasteiger partial charge in [-0.15, -0.1) is 0 Å². The molecular formula is C16H19N3O2S. The molecule has 0 saturated carbocycles. The number of para-hydroxylation sites is 1. The second-order valence-electron chi connectivity index (χ2n) is 5.86. The van der Waals surface area contributed by atoms with Crippen LogP contribution >= 0.6 is 11.3 Å². The maximum absolute atomic E-state index is 12.5. The van der Waals surface area contributed by atoms with E-state index in [-0.39, 0.29) is 11.9 Å². The molecule has 116 valence electrons. The van der Waals surface area contributed by atoms with Crippen LogP contribution in [0.1, 0.15) is 19.3 Å². The fraction of sp³-hybridized carbons (Fsp3) is 0.500. The molecule has 2 saturated heterocycles. The highest BCUT2D eigenvalue weighted by molar-refractivity contribution is 7.22. The number of likely N-dealkylation sites (tertiary alicyclic amines) is 1. The molecule has 2 aliphatic heterocycles. The SMILES string of the molecule is O=C(Nc1nc2ccccc2s1)[C@@H]1CCN1C1CCOCC1. The summed E-state index contributed by atoms with van der Waals surface area (Å²) in [5.74, 6) is 0.0804. The molecule has 1 aromatic carbocycles. The number of anilines is 1. The first-order chi connectivity index (χ1) is 10.8. The molecule has 4 rings (SSSR count). The number of hydrogen-bond donors (Lipinski definition) is 1. The third-order valence-corrected chi connectivity index (χ3v) is 5.50. The summed E-state index contributed by atoms with van der Waals surface area (Å²) in [6.45, 7) is 2.64. The van der Waals surface area contributed by atoms with Crippen molar-refractivity contribution < 1.29 is 9.53 Å². The molecule has 1 aromatic heterocycles. The number of thiazole rings is 1. The Balaban J connectivity index is 1.43. The van der Waals surface area contributed by atoms with E-state index in [4.69, 9.17) is 4.74 Å². The van der Waals surface area contributed by atoms with E-state index >= 15 is 0 Å². The van der Waals surface area contributed by atoms with Crippen molar-refractivity contribution in [3.63, 3.8) is 0 Å². The van der Waals surface area contributed by atoms with Crippen molar-refractivity contribution in [1.29, 1.82) is 0 Å². The molecule has 3 heterocycles. The summed E-state index contributed by atoms with van der Waals surface area (Å²) in [5.41, 5.74) is 0.942. The van der Waals surface area contributed by atoms with Gasteiger partial charge < -0.3 is 10.1 Å². The fourth-order valence-electron chi connectivity index (χ4n) is 3.26. The minimum atomic E-state index is -0.00453. The van der Waals surface area contributed by atoms with Gasteiger partial charge in [0.25, 0.3) is 0 Å². The average molecular weight is 317 g/mol. The predicted octanol–water partition coefficient (Wildman–Crippen LogP) is 2.49. The van der Waals surface area contributed by atoms with Crippen LogP contribution < -0.4 is 5.32 Å². The van der Waals surface area contributed by atoms with E-state index in [2.05, 4.69) is 15.2 Å². The Morgan fingerprint density at radius 2 is 2.09 bits per heavy atom.